The molecule has 1 aromatic carbocycles. The van der Waals surface area contributed by atoms with Crippen molar-refractivity contribution in [3.63, 3.8) is 0 Å². The van der Waals surface area contributed by atoms with Gasteiger partial charge in [0, 0.05) is 29.9 Å². The summed E-state index contributed by atoms with van der Waals surface area (Å²) >= 11 is 1.84. The van der Waals surface area contributed by atoms with Gasteiger partial charge < -0.3 is 10.6 Å². The van der Waals surface area contributed by atoms with Gasteiger partial charge in [-0.05, 0) is 55.9 Å². The molecule has 2 atom stereocenters. The van der Waals surface area contributed by atoms with Crippen LogP contribution >= 0.6 is 11.3 Å². The highest BCUT2D eigenvalue weighted by atomic mass is 32.1. The van der Waals surface area contributed by atoms with E-state index >= 15 is 0 Å². The Morgan fingerprint density at radius 2 is 2.19 bits per heavy atom. The molecule has 3 nitrogen and oxygen atoms in total. The Kier molecular flexibility index (Phi) is 4.60. The van der Waals surface area contributed by atoms with Crippen molar-refractivity contribution in [2.24, 2.45) is 5.73 Å². The number of hydrogen-bond acceptors (Lipinski definition) is 4. The Labute approximate surface area is 131 Å². The standard InChI is InChI=1S/C17H25N3S/c1-19(2)11-13-6-5-9-20(13)16(10-18)15-12-21-17-8-4-3-7-14(15)17/h3-4,7-8,12-13,16H,5-6,9-11,18H2,1-2H3. The topological polar surface area (TPSA) is 32.5 Å². The summed E-state index contributed by atoms with van der Waals surface area (Å²) < 4.78 is 1.37. The van der Waals surface area contributed by atoms with Gasteiger partial charge in [0.1, 0.15) is 0 Å². The van der Waals surface area contributed by atoms with Gasteiger partial charge in [-0.1, -0.05) is 18.2 Å². The van der Waals surface area contributed by atoms with Gasteiger partial charge in [-0.25, -0.2) is 0 Å². The smallest absolute Gasteiger partial charge is 0.0488 e. The van der Waals surface area contributed by atoms with Gasteiger partial charge in [-0.2, -0.15) is 0 Å². The van der Waals surface area contributed by atoms with Crippen LogP contribution in [0.1, 0.15) is 24.4 Å². The highest BCUT2D eigenvalue weighted by molar-refractivity contribution is 7.17. The molecule has 0 bridgehead atoms. The van der Waals surface area contributed by atoms with Crippen LogP contribution in [0.4, 0.5) is 0 Å². The first kappa shape index (κ1) is 15.0. The number of likely N-dealkylation sites (N-methyl/N-ethyl adjacent to an activating group) is 1. The Bertz CT molecular complexity index is 592. The van der Waals surface area contributed by atoms with Crippen LogP contribution in [0.25, 0.3) is 10.1 Å². The van der Waals surface area contributed by atoms with Crippen molar-refractivity contribution in [1.82, 2.24) is 9.80 Å². The number of likely N-dealkylation sites (tertiary alicyclic amines) is 1. The van der Waals surface area contributed by atoms with Crippen LogP contribution in [0.2, 0.25) is 0 Å². The highest BCUT2D eigenvalue weighted by Crippen LogP contribution is 2.36. The summed E-state index contributed by atoms with van der Waals surface area (Å²) in [5.74, 6) is 0. The van der Waals surface area contributed by atoms with Gasteiger partial charge >= 0.3 is 0 Å². The lowest BCUT2D eigenvalue weighted by Gasteiger charge is -2.33. The lowest BCUT2D eigenvalue weighted by Crippen LogP contribution is -2.42. The maximum absolute atomic E-state index is 6.18. The number of nitrogens with two attached hydrogens (primary N) is 1. The summed E-state index contributed by atoms with van der Waals surface area (Å²) in [6, 6.07) is 9.68. The number of fused-ring (bicyclic) bond motifs is 1. The van der Waals surface area contributed by atoms with Crippen LogP contribution in [0.3, 0.4) is 0 Å². The molecule has 0 spiro atoms. The molecule has 0 amide bonds. The molecule has 0 radical (unpaired) electrons. The summed E-state index contributed by atoms with van der Waals surface area (Å²) in [5, 5.41) is 3.70. The highest BCUT2D eigenvalue weighted by Gasteiger charge is 2.32. The summed E-state index contributed by atoms with van der Waals surface area (Å²) in [7, 11) is 4.32. The summed E-state index contributed by atoms with van der Waals surface area (Å²) in [4.78, 5) is 4.93. The first-order valence-corrected chi connectivity index (χ1v) is 8.65. The number of benzene rings is 1. The van der Waals surface area contributed by atoms with Gasteiger partial charge in [0.15, 0.2) is 0 Å². The Hall–Kier alpha value is -0.940. The molecule has 1 aliphatic rings. The van der Waals surface area contributed by atoms with Crippen molar-refractivity contribution in [3.05, 3.63) is 35.2 Å². The first-order valence-electron chi connectivity index (χ1n) is 7.77. The zero-order chi connectivity index (χ0) is 14.8. The van der Waals surface area contributed by atoms with E-state index in [0.29, 0.717) is 18.6 Å². The molecule has 114 valence electrons. The van der Waals surface area contributed by atoms with Crippen LogP contribution in [-0.4, -0.2) is 49.6 Å². The minimum atomic E-state index is 0.355. The monoisotopic (exact) mass is 303 g/mol. The van der Waals surface area contributed by atoms with Crippen molar-refractivity contribution in [1.29, 1.82) is 0 Å². The van der Waals surface area contributed by atoms with E-state index in [9.17, 15) is 0 Å². The average Bonchev–Trinajstić information content (AvgIpc) is 3.08. The molecule has 1 fully saturated rings. The van der Waals surface area contributed by atoms with E-state index in [-0.39, 0.29) is 0 Å². The quantitative estimate of drug-likeness (QED) is 0.922. The summed E-state index contributed by atoms with van der Waals surface area (Å²) in [6.07, 6.45) is 2.58. The van der Waals surface area contributed by atoms with Crippen LogP contribution in [0.5, 0.6) is 0 Å². The van der Waals surface area contributed by atoms with E-state index in [0.717, 1.165) is 6.54 Å². The van der Waals surface area contributed by atoms with E-state index < -0.39 is 0 Å². The molecule has 21 heavy (non-hydrogen) atoms. The van der Waals surface area contributed by atoms with Gasteiger partial charge in [-0.3, -0.25) is 4.90 Å². The molecule has 1 aromatic heterocycles. The molecule has 0 saturated carbocycles. The van der Waals surface area contributed by atoms with Crippen molar-refractivity contribution in [2.75, 3.05) is 33.7 Å². The van der Waals surface area contributed by atoms with Crippen molar-refractivity contribution >= 4 is 21.4 Å². The lowest BCUT2D eigenvalue weighted by molar-refractivity contribution is 0.157. The van der Waals surface area contributed by atoms with Crippen molar-refractivity contribution < 1.29 is 0 Å². The minimum absolute atomic E-state index is 0.355. The fourth-order valence-corrected chi connectivity index (χ4v) is 4.59. The van der Waals surface area contributed by atoms with Crippen LogP contribution in [0.15, 0.2) is 29.6 Å². The molecule has 2 heterocycles. The third kappa shape index (κ3) is 2.99. The van der Waals surface area contributed by atoms with E-state index in [1.165, 1.54) is 35.0 Å². The van der Waals surface area contributed by atoms with Crippen LogP contribution < -0.4 is 5.73 Å². The summed E-state index contributed by atoms with van der Waals surface area (Å²) in [5.41, 5.74) is 7.60. The number of rotatable bonds is 5. The van der Waals surface area contributed by atoms with E-state index in [2.05, 4.69) is 53.5 Å². The zero-order valence-corrected chi connectivity index (χ0v) is 13.8. The molecule has 1 aliphatic heterocycles. The Balaban J connectivity index is 1.90. The number of thiophene rings is 1. The third-order valence-corrected chi connectivity index (χ3v) is 5.47. The third-order valence-electron chi connectivity index (χ3n) is 4.49. The molecule has 2 N–H and O–H groups in total. The van der Waals surface area contributed by atoms with Crippen LogP contribution in [-0.2, 0) is 0 Å². The second-order valence-electron chi connectivity index (χ2n) is 6.23. The molecule has 2 aromatic rings. The molecule has 2 unspecified atom stereocenters. The fourth-order valence-electron chi connectivity index (χ4n) is 3.58. The lowest BCUT2D eigenvalue weighted by atomic mass is 10.0. The van der Waals surface area contributed by atoms with E-state index in [4.69, 9.17) is 5.73 Å². The second kappa shape index (κ2) is 6.44. The fraction of sp³-hybridized carbons (Fsp3) is 0.529. The average molecular weight is 303 g/mol. The molecular weight excluding hydrogens is 278 g/mol. The summed E-state index contributed by atoms with van der Waals surface area (Å²) in [6.45, 7) is 2.99. The van der Waals surface area contributed by atoms with Crippen LogP contribution in [0, 0.1) is 0 Å². The van der Waals surface area contributed by atoms with Crippen molar-refractivity contribution in [3.8, 4) is 0 Å². The van der Waals surface area contributed by atoms with E-state index in [1.807, 2.05) is 11.3 Å². The van der Waals surface area contributed by atoms with Gasteiger partial charge in [-0.15, -0.1) is 11.3 Å². The van der Waals surface area contributed by atoms with Gasteiger partial charge in [0.05, 0.1) is 0 Å². The molecule has 0 aliphatic carbocycles. The first-order chi connectivity index (χ1) is 10.2. The van der Waals surface area contributed by atoms with Gasteiger partial charge in [0.25, 0.3) is 0 Å². The Morgan fingerprint density at radius 1 is 1.38 bits per heavy atom. The maximum atomic E-state index is 6.18. The number of hydrogen-bond donors (Lipinski definition) is 1. The van der Waals surface area contributed by atoms with E-state index in [1.54, 1.807) is 0 Å². The predicted molar refractivity (Wildman–Crippen MR) is 91.9 cm³/mol. The minimum Gasteiger partial charge on any atom is -0.329 e. The Morgan fingerprint density at radius 3 is 2.95 bits per heavy atom. The van der Waals surface area contributed by atoms with Crippen molar-refractivity contribution in [2.45, 2.75) is 24.9 Å². The maximum Gasteiger partial charge on any atom is 0.0488 e. The molecule has 1 saturated heterocycles. The normalized spacial score (nSPS) is 21.4. The predicted octanol–water partition coefficient (Wildman–Crippen LogP) is 2.93. The largest absolute Gasteiger partial charge is 0.329 e. The molecular formula is C17H25N3S. The zero-order valence-electron chi connectivity index (χ0n) is 13.0. The van der Waals surface area contributed by atoms with Gasteiger partial charge in [0.2, 0.25) is 0 Å². The molecule has 4 heteroatoms. The molecule has 3 rings (SSSR count). The SMILES string of the molecule is CN(C)CC1CCCN1C(CN)c1csc2ccccc12. The second-order valence-corrected chi connectivity index (χ2v) is 7.15. The number of nitrogens with zero attached hydrogens (tertiary/aromatic N) is 2.